The van der Waals surface area contributed by atoms with Gasteiger partial charge in [0.05, 0.1) is 30.2 Å². The Bertz CT molecular complexity index is 977. The number of aliphatic hydroxyl groups is 1. The number of hydrogen-bond acceptors (Lipinski definition) is 5. The van der Waals surface area contributed by atoms with Crippen LogP contribution < -0.4 is 5.56 Å². The molecule has 0 unspecified atom stereocenters. The van der Waals surface area contributed by atoms with E-state index in [0.29, 0.717) is 33.9 Å². The summed E-state index contributed by atoms with van der Waals surface area (Å²) in [5, 5.41) is 11.3. The summed E-state index contributed by atoms with van der Waals surface area (Å²) in [7, 11) is 0. The summed E-state index contributed by atoms with van der Waals surface area (Å²) in [5.74, 6) is -0.00381. The van der Waals surface area contributed by atoms with Crippen molar-refractivity contribution in [2.75, 3.05) is 12.4 Å². The first-order valence-electron chi connectivity index (χ1n) is 8.71. The smallest absolute Gasteiger partial charge is 0.262 e. The van der Waals surface area contributed by atoms with E-state index in [1.807, 2.05) is 19.1 Å². The predicted molar refractivity (Wildman–Crippen MR) is 104 cm³/mol. The topological polar surface area (TPSA) is 64.3 Å². The molecule has 3 rings (SSSR count). The first kappa shape index (κ1) is 19.5. The number of nitrogens with zero attached hydrogens (tertiary/aromatic N) is 2. The lowest BCUT2D eigenvalue weighted by atomic mass is 10.2. The van der Waals surface area contributed by atoms with Gasteiger partial charge in [-0.2, -0.15) is 0 Å². The molecule has 1 aromatic heterocycles. The average Bonchev–Trinajstić information content (AvgIpc) is 2.68. The van der Waals surface area contributed by atoms with E-state index in [2.05, 4.69) is 4.98 Å². The third-order valence-electron chi connectivity index (χ3n) is 4.07. The highest BCUT2D eigenvalue weighted by atomic mass is 32.2. The molecule has 1 atom stereocenters. The summed E-state index contributed by atoms with van der Waals surface area (Å²) in [6, 6.07) is 13.6. The van der Waals surface area contributed by atoms with Crippen molar-refractivity contribution >= 4 is 22.7 Å². The van der Waals surface area contributed by atoms with E-state index < -0.39 is 6.10 Å². The zero-order valence-corrected chi connectivity index (χ0v) is 15.8. The molecule has 1 N–H and O–H groups in total. The average molecular weight is 388 g/mol. The highest BCUT2D eigenvalue weighted by Gasteiger charge is 2.13. The van der Waals surface area contributed by atoms with Gasteiger partial charge in [0.1, 0.15) is 5.82 Å². The Hall–Kier alpha value is -2.22. The van der Waals surface area contributed by atoms with Gasteiger partial charge in [-0.25, -0.2) is 9.37 Å². The van der Waals surface area contributed by atoms with Crippen molar-refractivity contribution in [3.8, 4) is 0 Å². The van der Waals surface area contributed by atoms with Gasteiger partial charge in [0.15, 0.2) is 5.16 Å². The van der Waals surface area contributed by atoms with Crippen LogP contribution in [-0.4, -0.2) is 33.1 Å². The number of benzene rings is 2. The number of thioether (sulfide) groups is 1. The number of halogens is 1. The third-order valence-corrected chi connectivity index (χ3v) is 5.19. The van der Waals surface area contributed by atoms with E-state index in [-0.39, 0.29) is 24.6 Å². The van der Waals surface area contributed by atoms with Gasteiger partial charge in [-0.1, -0.05) is 42.1 Å². The number of fused-ring (bicyclic) bond motifs is 1. The third kappa shape index (κ3) is 4.74. The molecule has 0 aliphatic rings. The molecule has 27 heavy (non-hydrogen) atoms. The van der Waals surface area contributed by atoms with Crippen molar-refractivity contribution in [2.45, 2.75) is 31.3 Å². The standard InChI is InChI=1S/C20H21FN2O3S/c1-2-23-19(25)16-8-4-6-10-18(16)22-20(23)27-13-15(24)12-26-11-14-7-3-5-9-17(14)21/h3-10,15,24H,2,11-13H2,1H3/t15-/m1/s1. The fourth-order valence-electron chi connectivity index (χ4n) is 2.68. The lowest BCUT2D eigenvalue weighted by molar-refractivity contribution is 0.0386. The molecule has 0 saturated carbocycles. The maximum Gasteiger partial charge on any atom is 0.262 e. The molecule has 0 bridgehead atoms. The van der Waals surface area contributed by atoms with Crippen molar-refractivity contribution in [3.63, 3.8) is 0 Å². The Labute approximate surface area is 160 Å². The Morgan fingerprint density at radius 3 is 2.74 bits per heavy atom. The summed E-state index contributed by atoms with van der Waals surface area (Å²) in [5.41, 5.74) is 1.00. The van der Waals surface area contributed by atoms with Crippen molar-refractivity contribution < 1.29 is 14.2 Å². The van der Waals surface area contributed by atoms with Crippen LogP contribution in [0, 0.1) is 5.82 Å². The Kier molecular flexibility index (Phi) is 6.60. The number of para-hydroxylation sites is 1. The van der Waals surface area contributed by atoms with Gasteiger partial charge in [0.25, 0.3) is 5.56 Å². The van der Waals surface area contributed by atoms with Gasteiger partial charge < -0.3 is 9.84 Å². The molecule has 0 radical (unpaired) electrons. The largest absolute Gasteiger partial charge is 0.390 e. The van der Waals surface area contributed by atoms with Crippen molar-refractivity contribution in [3.05, 3.63) is 70.3 Å². The van der Waals surface area contributed by atoms with Crippen LogP contribution in [0.25, 0.3) is 10.9 Å². The van der Waals surface area contributed by atoms with Crippen molar-refractivity contribution in [1.82, 2.24) is 9.55 Å². The Morgan fingerprint density at radius 2 is 1.96 bits per heavy atom. The number of ether oxygens (including phenoxy) is 1. The van der Waals surface area contributed by atoms with Crippen LogP contribution >= 0.6 is 11.8 Å². The van der Waals surface area contributed by atoms with Gasteiger partial charge >= 0.3 is 0 Å². The van der Waals surface area contributed by atoms with E-state index in [1.165, 1.54) is 17.8 Å². The minimum Gasteiger partial charge on any atom is -0.390 e. The fraction of sp³-hybridized carbons (Fsp3) is 0.300. The van der Waals surface area contributed by atoms with Crippen LogP contribution in [0.4, 0.5) is 4.39 Å². The van der Waals surface area contributed by atoms with Crippen LogP contribution in [-0.2, 0) is 17.9 Å². The first-order valence-corrected chi connectivity index (χ1v) is 9.70. The summed E-state index contributed by atoms with van der Waals surface area (Å²) >= 11 is 1.31. The lowest BCUT2D eigenvalue weighted by Crippen LogP contribution is -2.24. The van der Waals surface area contributed by atoms with Gasteiger partial charge in [0.2, 0.25) is 0 Å². The van der Waals surface area contributed by atoms with E-state index in [4.69, 9.17) is 4.74 Å². The van der Waals surface area contributed by atoms with Crippen molar-refractivity contribution in [1.29, 1.82) is 0 Å². The van der Waals surface area contributed by atoms with Crippen LogP contribution in [0.3, 0.4) is 0 Å². The van der Waals surface area contributed by atoms with Crippen molar-refractivity contribution in [2.24, 2.45) is 0 Å². The molecule has 7 heteroatoms. The second kappa shape index (κ2) is 9.12. The maximum atomic E-state index is 13.5. The quantitative estimate of drug-likeness (QED) is 0.474. The normalized spacial score (nSPS) is 12.4. The first-order chi connectivity index (χ1) is 13.1. The monoisotopic (exact) mass is 388 g/mol. The summed E-state index contributed by atoms with van der Waals surface area (Å²) in [4.78, 5) is 17.1. The molecular formula is C20H21FN2O3S. The summed E-state index contributed by atoms with van der Waals surface area (Å²) in [6.45, 7) is 2.56. The second-order valence-electron chi connectivity index (χ2n) is 6.03. The highest BCUT2D eigenvalue weighted by molar-refractivity contribution is 7.99. The van der Waals surface area contributed by atoms with E-state index in [1.54, 1.807) is 34.9 Å². The van der Waals surface area contributed by atoms with Gasteiger partial charge in [0, 0.05) is 17.9 Å². The van der Waals surface area contributed by atoms with E-state index in [9.17, 15) is 14.3 Å². The summed E-state index contributed by atoms with van der Waals surface area (Å²) in [6.07, 6.45) is -0.754. The molecule has 142 valence electrons. The Morgan fingerprint density at radius 1 is 1.22 bits per heavy atom. The summed E-state index contributed by atoms with van der Waals surface area (Å²) < 4.78 is 20.6. The zero-order valence-electron chi connectivity index (χ0n) is 15.0. The minimum absolute atomic E-state index is 0.0747. The zero-order chi connectivity index (χ0) is 19.2. The molecule has 0 aliphatic heterocycles. The molecule has 0 aliphatic carbocycles. The number of hydrogen-bond donors (Lipinski definition) is 1. The molecule has 0 fully saturated rings. The lowest BCUT2D eigenvalue weighted by Gasteiger charge is -2.14. The number of aliphatic hydroxyl groups excluding tert-OH is 1. The predicted octanol–water partition coefficient (Wildman–Crippen LogP) is 3.23. The molecule has 3 aromatic rings. The van der Waals surface area contributed by atoms with Crippen LogP contribution in [0.15, 0.2) is 58.5 Å². The van der Waals surface area contributed by atoms with E-state index in [0.717, 1.165) is 0 Å². The molecule has 5 nitrogen and oxygen atoms in total. The highest BCUT2D eigenvalue weighted by Crippen LogP contribution is 2.19. The molecule has 0 spiro atoms. The van der Waals surface area contributed by atoms with Gasteiger partial charge in [-0.3, -0.25) is 9.36 Å². The second-order valence-corrected chi connectivity index (χ2v) is 7.02. The van der Waals surface area contributed by atoms with Crippen LogP contribution in [0.5, 0.6) is 0 Å². The Balaban J connectivity index is 1.61. The SMILES string of the molecule is CCn1c(SC[C@H](O)COCc2ccccc2F)nc2ccccc2c1=O. The van der Waals surface area contributed by atoms with E-state index >= 15 is 0 Å². The van der Waals surface area contributed by atoms with Gasteiger partial charge in [-0.05, 0) is 25.1 Å². The maximum absolute atomic E-state index is 13.5. The minimum atomic E-state index is -0.754. The van der Waals surface area contributed by atoms with Gasteiger partial charge in [-0.15, -0.1) is 0 Å². The number of aromatic nitrogens is 2. The molecule has 1 heterocycles. The number of rotatable bonds is 8. The molecule has 0 amide bonds. The fourth-order valence-corrected chi connectivity index (χ4v) is 3.64. The molecule has 0 saturated heterocycles. The molecular weight excluding hydrogens is 367 g/mol. The molecule has 2 aromatic carbocycles. The van der Waals surface area contributed by atoms with Crippen LogP contribution in [0.1, 0.15) is 12.5 Å². The van der Waals surface area contributed by atoms with Crippen LogP contribution in [0.2, 0.25) is 0 Å².